The van der Waals surface area contributed by atoms with Gasteiger partial charge in [0, 0.05) is 12.6 Å². The van der Waals surface area contributed by atoms with Gasteiger partial charge in [-0.05, 0) is 37.7 Å². The number of hydrogen-bond acceptors (Lipinski definition) is 3. The fourth-order valence-corrected chi connectivity index (χ4v) is 3.11. The Bertz CT molecular complexity index is 473. The predicted octanol–water partition coefficient (Wildman–Crippen LogP) is 1.33. The van der Waals surface area contributed by atoms with E-state index in [1.54, 1.807) is 0 Å². The van der Waals surface area contributed by atoms with E-state index in [9.17, 15) is 9.90 Å². The van der Waals surface area contributed by atoms with Crippen molar-refractivity contribution in [1.29, 1.82) is 0 Å². The number of piperidine rings is 1. The molecule has 3 rings (SSSR count). The maximum Gasteiger partial charge on any atom is 0.240 e. The zero-order valence-corrected chi connectivity index (χ0v) is 12.4. The van der Waals surface area contributed by atoms with E-state index in [0.717, 1.165) is 25.8 Å². The van der Waals surface area contributed by atoms with Gasteiger partial charge in [0.1, 0.15) is 0 Å². The van der Waals surface area contributed by atoms with Gasteiger partial charge < -0.3 is 15.3 Å². The highest BCUT2D eigenvalue weighted by molar-refractivity contribution is 5.83. The molecule has 4 nitrogen and oxygen atoms in total. The summed E-state index contributed by atoms with van der Waals surface area (Å²) in [7, 11) is 0. The number of carbonyl (C=O) groups excluding carboxylic acids is 1. The Labute approximate surface area is 126 Å². The summed E-state index contributed by atoms with van der Waals surface area (Å²) in [5, 5.41) is 13.2. The van der Waals surface area contributed by atoms with Crippen molar-refractivity contribution < 1.29 is 9.90 Å². The second kappa shape index (κ2) is 6.58. The van der Waals surface area contributed by atoms with Crippen LogP contribution in [0.3, 0.4) is 0 Å². The molecule has 1 aliphatic heterocycles. The van der Waals surface area contributed by atoms with Gasteiger partial charge >= 0.3 is 0 Å². The second-order valence-corrected chi connectivity index (χ2v) is 6.19. The third-order valence-corrected chi connectivity index (χ3v) is 4.45. The molecule has 2 fully saturated rings. The lowest BCUT2D eigenvalue weighted by atomic mass is 9.99. The van der Waals surface area contributed by atoms with Gasteiger partial charge in [-0.3, -0.25) is 4.79 Å². The van der Waals surface area contributed by atoms with E-state index in [2.05, 4.69) is 17.4 Å². The van der Waals surface area contributed by atoms with Crippen molar-refractivity contribution in [2.75, 3.05) is 13.2 Å². The molecule has 2 N–H and O–H groups in total. The first-order chi connectivity index (χ1) is 10.3. The van der Waals surface area contributed by atoms with Gasteiger partial charge in [0.2, 0.25) is 5.91 Å². The van der Waals surface area contributed by atoms with E-state index < -0.39 is 0 Å². The van der Waals surface area contributed by atoms with Gasteiger partial charge in [-0.15, -0.1) is 0 Å². The zero-order valence-electron chi connectivity index (χ0n) is 12.4. The van der Waals surface area contributed by atoms with Crippen molar-refractivity contribution in [1.82, 2.24) is 10.2 Å². The Kier molecular flexibility index (Phi) is 4.56. The number of nitrogens with zero attached hydrogens (tertiary/aromatic N) is 1. The Balaban J connectivity index is 1.65. The lowest BCUT2D eigenvalue weighted by molar-refractivity contribution is -0.139. The van der Waals surface area contributed by atoms with Crippen LogP contribution in [0, 0.1) is 0 Å². The Hall–Kier alpha value is -1.39. The summed E-state index contributed by atoms with van der Waals surface area (Å²) in [6, 6.07) is 10.5. The van der Waals surface area contributed by atoms with Crippen LogP contribution in [-0.2, 0) is 11.2 Å². The summed E-state index contributed by atoms with van der Waals surface area (Å²) in [6.45, 7) is 0.788. The molecule has 2 unspecified atom stereocenters. The maximum absolute atomic E-state index is 12.6. The summed E-state index contributed by atoms with van der Waals surface area (Å²) in [5.41, 5.74) is 1.17. The SMILES string of the molecule is O=C1C(NC2CC2)CCCN1C(CO)Cc1ccccc1. The molecule has 2 atom stereocenters. The van der Waals surface area contributed by atoms with Crippen molar-refractivity contribution >= 4 is 5.91 Å². The van der Waals surface area contributed by atoms with E-state index in [1.807, 2.05) is 23.1 Å². The smallest absolute Gasteiger partial charge is 0.240 e. The normalized spacial score (nSPS) is 24.1. The standard InChI is InChI=1S/C17H24N2O2/c20-12-15(11-13-5-2-1-3-6-13)19-10-4-7-16(17(19)21)18-14-8-9-14/h1-3,5-6,14-16,18,20H,4,7-12H2. The van der Waals surface area contributed by atoms with Crippen molar-refractivity contribution in [3.63, 3.8) is 0 Å². The third kappa shape index (κ3) is 3.63. The molecule has 1 saturated carbocycles. The van der Waals surface area contributed by atoms with E-state index in [1.165, 1.54) is 18.4 Å². The number of hydrogen-bond donors (Lipinski definition) is 2. The van der Waals surface area contributed by atoms with Crippen LogP contribution in [-0.4, -0.2) is 47.2 Å². The van der Waals surface area contributed by atoms with Crippen molar-refractivity contribution in [2.24, 2.45) is 0 Å². The lowest BCUT2D eigenvalue weighted by Gasteiger charge is -2.38. The average molecular weight is 288 g/mol. The molecule has 0 spiro atoms. The molecule has 2 aliphatic rings. The molecule has 1 aromatic rings. The van der Waals surface area contributed by atoms with Crippen molar-refractivity contribution in [2.45, 2.75) is 50.2 Å². The number of aliphatic hydroxyl groups excluding tert-OH is 1. The van der Waals surface area contributed by atoms with Gasteiger partial charge in [0.05, 0.1) is 18.7 Å². The molecule has 21 heavy (non-hydrogen) atoms. The minimum Gasteiger partial charge on any atom is -0.394 e. The highest BCUT2D eigenvalue weighted by Crippen LogP contribution is 2.23. The summed E-state index contributed by atoms with van der Waals surface area (Å²) in [6.07, 6.45) is 5.05. The molecule has 1 saturated heterocycles. The van der Waals surface area contributed by atoms with Crippen LogP contribution in [0.1, 0.15) is 31.2 Å². The van der Waals surface area contributed by atoms with E-state index in [-0.39, 0.29) is 24.6 Å². The fraction of sp³-hybridized carbons (Fsp3) is 0.588. The molecule has 1 amide bonds. The first-order valence-corrected chi connectivity index (χ1v) is 7.99. The van der Waals surface area contributed by atoms with Gasteiger partial charge in [-0.2, -0.15) is 0 Å². The van der Waals surface area contributed by atoms with Gasteiger partial charge in [0.25, 0.3) is 0 Å². The topological polar surface area (TPSA) is 52.6 Å². The summed E-state index contributed by atoms with van der Waals surface area (Å²) in [4.78, 5) is 14.5. The van der Waals surface area contributed by atoms with Gasteiger partial charge in [-0.1, -0.05) is 30.3 Å². The third-order valence-electron chi connectivity index (χ3n) is 4.45. The average Bonchev–Trinajstić information content (AvgIpc) is 3.32. The molecule has 114 valence electrons. The molecule has 4 heteroatoms. The minimum absolute atomic E-state index is 0.0246. The minimum atomic E-state index is -0.108. The molecular formula is C17H24N2O2. The van der Waals surface area contributed by atoms with E-state index in [4.69, 9.17) is 0 Å². The van der Waals surface area contributed by atoms with E-state index in [0.29, 0.717) is 6.04 Å². The molecule has 0 bridgehead atoms. The highest BCUT2D eigenvalue weighted by atomic mass is 16.3. The molecular weight excluding hydrogens is 264 g/mol. The first-order valence-electron chi connectivity index (χ1n) is 7.99. The quantitative estimate of drug-likeness (QED) is 0.830. The number of carbonyl (C=O) groups is 1. The lowest BCUT2D eigenvalue weighted by Crippen LogP contribution is -2.56. The Morgan fingerprint density at radius 3 is 2.67 bits per heavy atom. The van der Waals surface area contributed by atoms with Crippen LogP contribution in [0.2, 0.25) is 0 Å². The maximum atomic E-state index is 12.6. The predicted molar refractivity (Wildman–Crippen MR) is 81.9 cm³/mol. The van der Waals surface area contributed by atoms with Crippen molar-refractivity contribution in [3.05, 3.63) is 35.9 Å². The van der Waals surface area contributed by atoms with Crippen LogP contribution in [0.15, 0.2) is 30.3 Å². The largest absolute Gasteiger partial charge is 0.394 e. The van der Waals surface area contributed by atoms with Crippen LogP contribution in [0.25, 0.3) is 0 Å². The fourth-order valence-electron chi connectivity index (χ4n) is 3.11. The summed E-state index contributed by atoms with van der Waals surface area (Å²) >= 11 is 0. The van der Waals surface area contributed by atoms with Crippen LogP contribution < -0.4 is 5.32 Å². The molecule has 0 aromatic heterocycles. The second-order valence-electron chi connectivity index (χ2n) is 6.19. The number of likely N-dealkylation sites (tertiary alicyclic amines) is 1. The number of rotatable bonds is 6. The first kappa shape index (κ1) is 14.5. The number of benzene rings is 1. The van der Waals surface area contributed by atoms with Crippen LogP contribution >= 0.6 is 0 Å². The monoisotopic (exact) mass is 288 g/mol. The van der Waals surface area contributed by atoms with Crippen LogP contribution in [0.4, 0.5) is 0 Å². The molecule has 1 heterocycles. The van der Waals surface area contributed by atoms with E-state index >= 15 is 0 Å². The van der Waals surface area contributed by atoms with Crippen molar-refractivity contribution in [3.8, 4) is 0 Å². The number of aliphatic hydroxyl groups is 1. The Morgan fingerprint density at radius 1 is 1.24 bits per heavy atom. The molecule has 1 aromatic carbocycles. The zero-order chi connectivity index (χ0) is 14.7. The Morgan fingerprint density at radius 2 is 2.00 bits per heavy atom. The highest BCUT2D eigenvalue weighted by Gasteiger charge is 2.35. The van der Waals surface area contributed by atoms with Crippen LogP contribution in [0.5, 0.6) is 0 Å². The molecule has 1 aliphatic carbocycles. The van der Waals surface area contributed by atoms with Gasteiger partial charge in [-0.25, -0.2) is 0 Å². The number of nitrogens with one attached hydrogen (secondary N) is 1. The summed E-state index contributed by atoms with van der Waals surface area (Å²) < 4.78 is 0. The van der Waals surface area contributed by atoms with Gasteiger partial charge in [0.15, 0.2) is 0 Å². The number of amides is 1. The molecule has 0 radical (unpaired) electrons. The summed E-state index contributed by atoms with van der Waals surface area (Å²) in [5.74, 6) is 0.170.